The van der Waals surface area contributed by atoms with E-state index in [1.54, 1.807) is 0 Å². The first-order chi connectivity index (χ1) is 11.2. The quantitative estimate of drug-likeness (QED) is 0.897. The lowest BCUT2D eigenvalue weighted by molar-refractivity contribution is 0.360. The molecule has 1 saturated heterocycles. The molecule has 0 spiro atoms. The Hall–Kier alpha value is -1.20. The molecule has 2 aliphatic rings. The predicted molar refractivity (Wildman–Crippen MR) is 95.3 cm³/mol. The molecule has 3 rings (SSSR count). The Morgan fingerprint density at radius 1 is 1.13 bits per heavy atom. The highest BCUT2D eigenvalue weighted by atomic mass is 15.2. The molecule has 1 atom stereocenters. The first-order valence-electron chi connectivity index (χ1n) is 9.19. The van der Waals surface area contributed by atoms with Gasteiger partial charge < -0.3 is 15.1 Å². The summed E-state index contributed by atoms with van der Waals surface area (Å²) in [4.78, 5) is 14.8. The molecular weight excluding hydrogens is 286 g/mol. The predicted octanol–water partition coefficient (Wildman–Crippen LogP) is 1.82. The summed E-state index contributed by atoms with van der Waals surface area (Å²) >= 11 is 0. The van der Waals surface area contributed by atoms with Gasteiger partial charge in [0.15, 0.2) is 0 Å². The molecule has 2 heterocycles. The van der Waals surface area contributed by atoms with Gasteiger partial charge in [-0.2, -0.15) is 0 Å². The van der Waals surface area contributed by atoms with Gasteiger partial charge in [-0.3, -0.25) is 0 Å². The van der Waals surface area contributed by atoms with Gasteiger partial charge in [-0.1, -0.05) is 6.92 Å². The molecular formula is C18H31N5. The van der Waals surface area contributed by atoms with Crippen LogP contribution in [0.4, 0.5) is 5.82 Å². The van der Waals surface area contributed by atoms with Crippen molar-refractivity contribution < 1.29 is 0 Å². The zero-order valence-electron chi connectivity index (χ0n) is 14.9. The minimum atomic E-state index is 0.430. The zero-order chi connectivity index (χ0) is 16.2. The highest BCUT2D eigenvalue weighted by Gasteiger charge is 2.25. The number of nitrogens with one attached hydrogen (secondary N) is 1. The zero-order valence-corrected chi connectivity index (χ0v) is 14.9. The van der Waals surface area contributed by atoms with Crippen LogP contribution in [0.3, 0.4) is 0 Å². The van der Waals surface area contributed by atoms with Crippen LogP contribution >= 0.6 is 0 Å². The van der Waals surface area contributed by atoms with Crippen LogP contribution in [-0.4, -0.2) is 61.7 Å². The number of piperazine rings is 1. The third-order valence-electron chi connectivity index (χ3n) is 5.04. The minimum Gasteiger partial charge on any atom is -0.354 e. The second-order valence-corrected chi connectivity index (χ2v) is 7.14. The second-order valence-electron chi connectivity index (χ2n) is 7.14. The SMILES string of the molecule is CCC(CN(C)C)c1nc2c(c(N3CCNCC3)n1)CCCC2. The van der Waals surface area contributed by atoms with Crippen molar-refractivity contribution in [3.05, 3.63) is 17.1 Å². The number of hydrogen-bond donors (Lipinski definition) is 1. The van der Waals surface area contributed by atoms with Gasteiger partial charge in [0.2, 0.25) is 0 Å². The highest BCUT2D eigenvalue weighted by molar-refractivity contribution is 5.51. The molecule has 0 radical (unpaired) electrons. The topological polar surface area (TPSA) is 44.3 Å². The monoisotopic (exact) mass is 317 g/mol. The Morgan fingerprint density at radius 2 is 1.87 bits per heavy atom. The average Bonchev–Trinajstić information content (AvgIpc) is 2.59. The summed E-state index contributed by atoms with van der Waals surface area (Å²) in [5, 5.41) is 3.45. The largest absolute Gasteiger partial charge is 0.354 e. The van der Waals surface area contributed by atoms with Gasteiger partial charge in [-0.15, -0.1) is 0 Å². The number of aryl methyl sites for hydroxylation is 1. The number of anilines is 1. The molecule has 0 aromatic carbocycles. The first-order valence-corrected chi connectivity index (χ1v) is 9.19. The minimum absolute atomic E-state index is 0.430. The third-order valence-corrected chi connectivity index (χ3v) is 5.04. The number of aromatic nitrogens is 2. The number of likely N-dealkylation sites (N-methyl/N-ethyl adjacent to an activating group) is 1. The highest BCUT2D eigenvalue weighted by Crippen LogP contribution is 2.30. The maximum atomic E-state index is 5.09. The Morgan fingerprint density at radius 3 is 2.57 bits per heavy atom. The lowest BCUT2D eigenvalue weighted by Crippen LogP contribution is -2.44. The molecule has 1 aliphatic carbocycles. The van der Waals surface area contributed by atoms with E-state index in [1.165, 1.54) is 29.9 Å². The first kappa shape index (κ1) is 16.7. The molecule has 1 unspecified atom stereocenters. The van der Waals surface area contributed by atoms with E-state index in [9.17, 15) is 0 Å². The fourth-order valence-electron chi connectivity index (χ4n) is 3.75. The van der Waals surface area contributed by atoms with E-state index in [1.807, 2.05) is 0 Å². The summed E-state index contributed by atoms with van der Waals surface area (Å²) in [6.45, 7) is 7.52. The van der Waals surface area contributed by atoms with Gasteiger partial charge in [0.1, 0.15) is 11.6 Å². The summed E-state index contributed by atoms with van der Waals surface area (Å²) in [5.41, 5.74) is 2.76. The Kier molecular flexibility index (Phi) is 5.49. The van der Waals surface area contributed by atoms with Gasteiger partial charge >= 0.3 is 0 Å². The van der Waals surface area contributed by atoms with Gasteiger partial charge in [0.25, 0.3) is 0 Å². The van der Waals surface area contributed by atoms with Crippen LogP contribution in [0, 0.1) is 0 Å². The van der Waals surface area contributed by atoms with Gasteiger partial charge in [0, 0.05) is 49.9 Å². The van der Waals surface area contributed by atoms with Crippen LogP contribution in [0.5, 0.6) is 0 Å². The summed E-state index contributed by atoms with van der Waals surface area (Å²) in [6, 6.07) is 0. The number of nitrogens with zero attached hydrogens (tertiary/aromatic N) is 4. The molecule has 1 aromatic rings. The summed E-state index contributed by atoms with van der Waals surface area (Å²) in [5.74, 6) is 2.73. The van der Waals surface area contributed by atoms with Crippen molar-refractivity contribution >= 4 is 5.82 Å². The van der Waals surface area contributed by atoms with Gasteiger partial charge in [0.05, 0.1) is 0 Å². The molecule has 0 saturated carbocycles. The molecule has 1 fully saturated rings. The molecule has 0 amide bonds. The van der Waals surface area contributed by atoms with E-state index in [2.05, 4.69) is 36.1 Å². The van der Waals surface area contributed by atoms with Crippen molar-refractivity contribution in [2.45, 2.75) is 44.9 Å². The molecule has 5 heteroatoms. The second kappa shape index (κ2) is 7.58. The van der Waals surface area contributed by atoms with E-state index < -0.39 is 0 Å². The van der Waals surface area contributed by atoms with Crippen LogP contribution in [0.2, 0.25) is 0 Å². The summed E-state index contributed by atoms with van der Waals surface area (Å²) < 4.78 is 0. The molecule has 5 nitrogen and oxygen atoms in total. The number of rotatable bonds is 5. The average molecular weight is 317 g/mol. The van der Waals surface area contributed by atoms with Crippen molar-refractivity contribution in [3.63, 3.8) is 0 Å². The molecule has 128 valence electrons. The summed E-state index contributed by atoms with van der Waals surface area (Å²) in [7, 11) is 4.27. The standard InChI is InChI=1S/C18H31N5/c1-4-14(13-22(2)3)17-20-16-8-6-5-7-15(16)18(21-17)23-11-9-19-10-12-23/h14,19H,4-13H2,1-3H3. The Bertz CT molecular complexity index is 522. The maximum Gasteiger partial charge on any atom is 0.135 e. The van der Waals surface area contributed by atoms with E-state index in [-0.39, 0.29) is 0 Å². The van der Waals surface area contributed by atoms with Gasteiger partial charge in [-0.25, -0.2) is 9.97 Å². The third kappa shape index (κ3) is 3.83. The van der Waals surface area contributed by atoms with Crippen LogP contribution in [-0.2, 0) is 12.8 Å². The van der Waals surface area contributed by atoms with Crippen LogP contribution < -0.4 is 10.2 Å². The van der Waals surface area contributed by atoms with E-state index in [4.69, 9.17) is 9.97 Å². The smallest absolute Gasteiger partial charge is 0.135 e. The fraction of sp³-hybridized carbons (Fsp3) is 0.778. The molecule has 1 N–H and O–H groups in total. The van der Waals surface area contributed by atoms with Crippen LogP contribution in [0.1, 0.15) is 49.2 Å². The van der Waals surface area contributed by atoms with Crippen LogP contribution in [0.15, 0.2) is 0 Å². The Balaban J connectivity index is 1.97. The van der Waals surface area contributed by atoms with E-state index in [0.717, 1.165) is 57.8 Å². The fourth-order valence-corrected chi connectivity index (χ4v) is 3.75. The van der Waals surface area contributed by atoms with Crippen molar-refractivity contribution in [1.82, 2.24) is 20.2 Å². The molecule has 0 bridgehead atoms. The van der Waals surface area contributed by atoms with Crippen LogP contribution in [0.25, 0.3) is 0 Å². The van der Waals surface area contributed by atoms with Crippen molar-refractivity contribution in [2.75, 3.05) is 51.7 Å². The van der Waals surface area contributed by atoms with Crippen molar-refractivity contribution in [3.8, 4) is 0 Å². The number of fused-ring (bicyclic) bond motifs is 1. The van der Waals surface area contributed by atoms with Crippen molar-refractivity contribution in [2.24, 2.45) is 0 Å². The maximum absolute atomic E-state index is 5.09. The van der Waals surface area contributed by atoms with E-state index >= 15 is 0 Å². The Labute approximate surface area is 140 Å². The van der Waals surface area contributed by atoms with Gasteiger partial charge in [-0.05, 0) is 46.2 Å². The summed E-state index contributed by atoms with van der Waals surface area (Å²) in [6.07, 6.45) is 5.93. The molecule has 23 heavy (non-hydrogen) atoms. The molecule has 1 aliphatic heterocycles. The van der Waals surface area contributed by atoms with E-state index in [0.29, 0.717) is 5.92 Å². The van der Waals surface area contributed by atoms with Crippen molar-refractivity contribution in [1.29, 1.82) is 0 Å². The normalized spacial score (nSPS) is 19.7. The number of hydrogen-bond acceptors (Lipinski definition) is 5. The lowest BCUT2D eigenvalue weighted by Gasteiger charge is -2.32. The lowest BCUT2D eigenvalue weighted by atomic mass is 9.95. The molecule has 1 aromatic heterocycles.